The standard InChI is InChI=1S/C19H21Cl2NO2S/c1-2-18(24-16-6-4-3-5-7-16)19(23)22-10-11-25-13-14-8-9-15(20)12-17(14)21/h3-9,12,18H,2,10-11,13H2,1H3,(H,22,23)/t18-/m1/s1. The number of thioether (sulfide) groups is 1. The molecule has 2 aromatic rings. The molecule has 1 N–H and O–H groups in total. The van der Waals surface area contributed by atoms with E-state index in [-0.39, 0.29) is 5.91 Å². The Bertz CT molecular complexity index is 682. The molecule has 0 bridgehead atoms. The van der Waals surface area contributed by atoms with Gasteiger partial charge in [0.1, 0.15) is 5.75 Å². The number of hydrogen-bond acceptors (Lipinski definition) is 3. The Morgan fingerprint density at radius 2 is 1.96 bits per heavy atom. The van der Waals surface area contributed by atoms with Gasteiger partial charge in [0.2, 0.25) is 0 Å². The van der Waals surface area contributed by atoms with Crippen molar-refractivity contribution in [3.8, 4) is 5.75 Å². The molecule has 25 heavy (non-hydrogen) atoms. The van der Waals surface area contributed by atoms with Crippen LogP contribution < -0.4 is 10.1 Å². The van der Waals surface area contributed by atoms with Crippen molar-refractivity contribution >= 4 is 40.9 Å². The highest BCUT2D eigenvalue weighted by Gasteiger charge is 2.17. The quantitative estimate of drug-likeness (QED) is 0.590. The number of benzene rings is 2. The lowest BCUT2D eigenvalue weighted by atomic mass is 10.2. The van der Waals surface area contributed by atoms with Crippen LogP contribution in [-0.4, -0.2) is 24.3 Å². The zero-order valence-electron chi connectivity index (χ0n) is 14.0. The first kappa shape index (κ1) is 20.0. The number of carbonyl (C=O) groups excluding carboxylic acids is 1. The second kappa shape index (κ2) is 10.6. The molecular formula is C19H21Cl2NO2S. The van der Waals surface area contributed by atoms with Crippen molar-refractivity contribution < 1.29 is 9.53 Å². The van der Waals surface area contributed by atoms with Gasteiger partial charge in [-0.25, -0.2) is 0 Å². The van der Waals surface area contributed by atoms with E-state index in [1.807, 2.05) is 49.4 Å². The lowest BCUT2D eigenvalue weighted by molar-refractivity contribution is -0.127. The van der Waals surface area contributed by atoms with Gasteiger partial charge in [0, 0.05) is 28.1 Å². The molecule has 0 aromatic heterocycles. The predicted octanol–water partition coefficient (Wildman–Crippen LogP) is 5.20. The molecular weight excluding hydrogens is 377 g/mol. The number of nitrogens with one attached hydrogen (secondary N) is 1. The Balaban J connectivity index is 1.70. The molecule has 1 atom stereocenters. The Kier molecular flexibility index (Phi) is 8.45. The summed E-state index contributed by atoms with van der Waals surface area (Å²) in [6.07, 6.45) is 0.145. The van der Waals surface area contributed by atoms with Crippen LogP contribution in [0.2, 0.25) is 10.0 Å². The van der Waals surface area contributed by atoms with Crippen molar-refractivity contribution in [2.24, 2.45) is 0 Å². The maximum absolute atomic E-state index is 12.2. The molecule has 0 heterocycles. The van der Waals surface area contributed by atoms with Crippen LogP contribution in [-0.2, 0) is 10.5 Å². The zero-order valence-corrected chi connectivity index (χ0v) is 16.3. The number of rotatable bonds is 9. The fourth-order valence-electron chi connectivity index (χ4n) is 2.17. The Morgan fingerprint density at radius 1 is 1.20 bits per heavy atom. The Morgan fingerprint density at radius 3 is 2.64 bits per heavy atom. The summed E-state index contributed by atoms with van der Waals surface area (Å²) in [4.78, 5) is 12.2. The molecule has 0 fully saturated rings. The lowest BCUT2D eigenvalue weighted by Crippen LogP contribution is -2.39. The van der Waals surface area contributed by atoms with E-state index in [1.165, 1.54) is 0 Å². The summed E-state index contributed by atoms with van der Waals surface area (Å²) in [5, 5.41) is 4.23. The molecule has 134 valence electrons. The summed E-state index contributed by atoms with van der Waals surface area (Å²) in [5.74, 6) is 2.20. The molecule has 0 aliphatic carbocycles. The minimum Gasteiger partial charge on any atom is -0.481 e. The van der Waals surface area contributed by atoms with Gasteiger partial charge in [-0.1, -0.05) is 54.4 Å². The summed E-state index contributed by atoms with van der Waals surface area (Å²) in [6, 6.07) is 14.9. The van der Waals surface area contributed by atoms with E-state index >= 15 is 0 Å². The van der Waals surface area contributed by atoms with Crippen LogP contribution in [0.4, 0.5) is 0 Å². The summed E-state index contributed by atoms with van der Waals surface area (Å²) >= 11 is 13.7. The number of hydrogen-bond donors (Lipinski definition) is 1. The minimum absolute atomic E-state index is 0.0866. The predicted molar refractivity (Wildman–Crippen MR) is 107 cm³/mol. The first-order valence-electron chi connectivity index (χ1n) is 8.11. The third-order valence-corrected chi connectivity index (χ3v) is 5.10. The van der Waals surface area contributed by atoms with Crippen molar-refractivity contribution in [2.45, 2.75) is 25.2 Å². The molecule has 1 amide bonds. The van der Waals surface area contributed by atoms with Crippen LogP contribution in [0.5, 0.6) is 5.75 Å². The fraction of sp³-hybridized carbons (Fsp3) is 0.316. The first-order chi connectivity index (χ1) is 12.1. The number of amides is 1. The molecule has 0 unspecified atom stereocenters. The number of ether oxygens (including phenoxy) is 1. The molecule has 0 aliphatic heterocycles. The number of halogens is 2. The molecule has 0 saturated heterocycles. The monoisotopic (exact) mass is 397 g/mol. The van der Waals surface area contributed by atoms with Gasteiger partial charge in [0.25, 0.3) is 5.91 Å². The first-order valence-corrected chi connectivity index (χ1v) is 10.0. The normalized spacial score (nSPS) is 11.8. The van der Waals surface area contributed by atoms with Gasteiger partial charge in [-0.05, 0) is 36.2 Å². The van der Waals surface area contributed by atoms with Gasteiger partial charge in [-0.15, -0.1) is 0 Å². The van der Waals surface area contributed by atoms with E-state index in [0.29, 0.717) is 28.8 Å². The summed E-state index contributed by atoms with van der Waals surface area (Å²) < 4.78 is 5.73. The highest BCUT2D eigenvalue weighted by atomic mass is 35.5. The Labute approximate surface area is 163 Å². The van der Waals surface area contributed by atoms with E-state index in [0.717, 1.165) is 17.1 Å². The van der Waals surface area contributed by atoms with Crippen LogP contribution in [0, 0.1) is 0 Å². The summed E-state index contributed by atoms with van der Waals surface area (Å²) in [5.41, 5.74) is 1.04. The molecule has 2 rings (SSSR count). The van der Waals surface area contributed by atoms with Crippen LogP contribution in [0.15, 0.2) is 48.5 Å². The van der Waals surface area contributed by atoms with Gasteiger partial charge < -0.3 is 10.1 Å². The fourth-order valence-corrected chi connectivity index (χ4v) is 3.58. The van der Waals surface area contributed by atoms with Gasteiger partial charge in [-0.3, -0.25) is 4.79 Å². The van der Waals surface area contributed by atoms with Gasteiger partial charge in [-0.2, -0.15) is 11.8 Å². The highest BCUT2D eigenvalue weighted by molar-refractivity contribution is 7.98. The summed E-state index contributed by atoms with van der Waals surface area (Å²) in [6.45, 7) is 2.52. The lowest BCUT2D eigenvalue weighted by Gasteiger charge is -2.17. The molecule has 3 nitrogen and oxygen atoms in total. The van der Waals surface area contributed by atoms with Gasteiger partial charge in [0.15, 0.2) is 6.10 Å². The highest BCUT2D eigenvalue weighted by Crippen LogP contribution is 2.24. The third kappa shape index (κ3) is 6.81. The largest absolute Gasteiger partial charge is 0.481 e. The zero-order chi connectivity index (χ0) is 18.1. The SMILES string of the molecule is CC[C@@H](Oc1ccccc1)C(=O)NCCSCc1ccc(Cl)cc1Cl. The van der Waals surface area contributed by atoms with E-state index < -0.39 is 6.10 Å². The molecule has 0 spiro atoms. The van der Waals surface area contributed by atoms with Crippen LogP contribution in [0.3, 0.4) is 0 Å². The van der Waals surface area contributed by atoms with Gasteiger partial charge >= 0.3 is 0 Å². The average Bonchev–Trinajstić information content (AvgIpc) is 2.61. The second-order valence-corrected chi connectivity index (χ2v) is 7.36. The van der Waals surface area contributed by atoms with E-state index in [2.05, 4.69) is 5.32 Å². The minimum atomic E-state index is -0.474. The van der Waals surface area contributed by atoms with Gasteiger partial charge in [0.05, 0.1) is 0 Å². The van der Waals surface area contributed by atoms with Crippen molar-refractivity contribution in [1.82, 2.24) is 5.32 Å². The van der Waals surface area contributed by atoms with E-state index in [1.54, 1.807) is 17.8 Å². The maximum Gasteiger partial charge on any atom is 0.261 e. The molecule has 2 aromatic carbocycles. The molecule has 0 radical (unpaired) electrons. The second-order valence-electron chi connectivity index (χ2n) is 5.41. The number of carbonyl (C=O) groups is 1. The summed E-state index contributed by atoms with van der Waals surface area (Å²) in [7, 11) is 0. The van der Waals surface area contributed by atoms with Crippen LogP contribution >= 0.6 is 35.0 Å². The topological polar surface area (TPSA) is 38.3 Å². The molecule has 0 saturated carbocycles. The molecule has 6 heteroatoms. The molecule has 0 aliphatic rings. The van der Waals surface area contributed by atoms with Crippen molar-refractivity contribution in [3.63, 3.8) is 0 Å². The van der Waals surface area contributed by atoms with Crippen LogP contribution in [0.1, 0.15) is 18.9 Å². The average molecular weight is 398 g/mol. The smallest absolute Gasteiger partial charge is 0.261 e. The van der Waals surface area contributed by atoms with E-state index in [9.17, 15) is 4.79 Å². The third-order valence-electron chi connectivity index (χ3n) is 3.50. The number of para-hydroxylation sites is 1. The van der Waals surface area contributed by atoms with Crippen molar-refractivity contribution in [1.29, 1.82) is 0 Å². The van der Waals surface area contributed by atoms with E-state index in [4.69, 9.17) is 27.9 Å². The maximum atomic E-state index is 12.2. The Hall–Kier alpha value is -1.36. The van der Waals surface area contributed by atoms with Crippen molar-refractivity contribution in [2.75, 3.05) is 12.3 Å². The van der Waals surface area contributed by atoms with Crippen LogP contribution in [0.25, 0.3) is 0 Å². The van der Waals surface area contributed by atoms with Crippen molar-refractivity contribution in [3.05, 3.63) is 64.1 Å².